The summed E-state index contributed by atoms with van der Waals surface area (Å²) < 4.78 is 0. The maximum absolute atomic E-state index is 2.53. The molecule has 0 amide bonds. The zero-order valence-electron chi connectivity index (χ0n) is 23.3. The number of benzene rings is 6. The zero-order valence-corrected chi connectivity index (χ0v) is 23.3. The molecule has 0 N–H and O–H groups in total. The molecule has 0 unspecified atom stereocenters. The van der Waals surface area contributed by atoms with Crippen LogP contribution >= 0.6 is 0 Å². The topological polar surface area (TPSA) is 6.48 Å². The second-order valence-corrected chi connectivity index (χ2v) is 11.5. The van der Waals surface area contributed by atoms with Crippen molar-refractivity contribution in [1.82, 2.24) is 0 Å². The van der Waals surface area contributed by atoms with E-state index in [1.807, 2.05) is 0 Å². The Morgan fingerprint density at radius 1 is 0.390 bits per heavy atom. The standard InChI is InChI=1S/C39H30N2/c1-39(2)32-23-21-29(27-13-6-3-7-14-27)25-36(32)41-37-26-30(28-15-8-4-9-16-28)22-24-34(37)40(31-17-10-5-11-18-31)35-20-12-19-33(39)38(35)41/h3-26H,1-2H3. The summed E-state index contributed by atoms with van der Waals surface area (Å²) >= 11 is 0. The lowest BCUT2D eigenvalue weighted by molar-refractivity contribution is 0.631. The van der Waals surface area contributed by atoms with E-state index in [0.29, 0.717) is 0 Å². The molecule has 2 aliphatic heterocycles. The number of nitrogens with zero attached hydrogens (tertiary/aromatic N) is 2. The Hall–Kier alpha value is -5.08. The first kappa shape index (κ1) is 23.8. The monoisotopic (exact) mass is 526 g/mol. The van der Waals surface area contributed by atoms with Gasteiger partial charge in [-0.2, -0.15) is 0 Å². The Morgan fingerprint density at radius 2 is 0.976 bits per heavy atom. The van der Waals surface area contributed by atoms with E-state index in [9.17, 15) is 0 Å². The fourth-order valence-corrected chi connectivity index (χ4v) is 6.71. The fourth-order valence-electron chi connectivity index (χ4n) is 6.71. The third-order valence-corrected chi connectivity index (χ3v) is 8.75. The van der Waals surface area contributed by atoms with Crippen molar-refractivity contribution in [2.75, 3.05) is 9.80 Å². The number of anilines is 6. The van der Waals surface area contributed by atoms with Crippen LogP contribution in [0.3, 0.4) is 0 Å². The van der Waals surface area contributed by atoms with Gasteiger partial charge >= 0.3 is 0 Å². The van der Waals surface area contributed by atoms with Crippen molar-refractivity contribution >= 4 is 34.1 Å². The smallest absolute Gasteiger partial charge is 0.0744 e. The average molecular weight is 527 g/mol. The molecule has 0 radical (unpaired) electrons. The van der Waals surface area contributed by atoms with Crippen LogP contribution in [0.4, 0.5) is 34.1 Å². The largest absolute Gasteiger partial charge is 0.306 e. The van der Waals surface area contributed by atoms with Crippen molar-refractivity contribution in [3.05, 3.63) is 157 Å². The van der Waals surface area contributed by atoms with Crippen LogP contribution in [-0.4, -0.2) is 0 Å². The second kappa shape index (κ2) is 8.97. The fraction of sp³-hybridized carbons (Fsp3) is 0.0769. The van der Waals surface area contributed by atoms with E-state index in [1.54, 1.807) is 0 Å². The second-order valence-electron chi connectivity index (χ2n) is 11.5. The molecule has 6 aromatic carbocycles. The molecule has 6 aromatic rings. The van der Waals surface area contributed by atoms with Crippen LogP contribution in [0, 0.1) is 0 Å². The van der Waals surface area contributed by atoms with Crippen molar-refractivity contribution in [3.8, 4) is 22.3 Å². The third kappa shape index (κ3) is 3.57. The lowest BCUT2D eigenvalue weighted by Gasteiger charge is -2.48. The van der Waals surface area contributed by atoms with Crippen molar-refractivity contribution < 1.29 is 0 Å². The van der Waals surface area contributed by atoms with Crippen molar-refractivity contribution in [2.45, 2.75) is 19.3 Å². The molecule has 2 nitrogen and oxygen atoms in total. The Bertz CT molecular complexity index is 1910. The van der Waals surface area contributed by atoms with Crippen LogP contribution in [0.2, 0.25) is 0 Å². The van der Waals surface area contributed by atoms with E-state index in [4.69, 9.17) is 0 Å². The minimum Gasteiger partial charge on any atom is -0.306 e. The number of para-hydroxylation sites is 2. The van der Waals surface area contributed by atoms with Crippen molar-refractivity contribution in [3.63, 3.8) is 0 Å². The van der Waals surface area contributed by atoms with Crippen molar-refractivity contribution in [2.24, 2.45) is 0 Å². The van der Waals surface area contributed by atoms with Crippen molar-refractivity contribution in [1.29, 1.82) is 0 Å². The van der Waals surface area contributed by atoms with Gasteiger partial charge in [0.1, 0.15) is 0 Å². The van der Waals surface area contributed by atoms with Gasteiger partial charge in [-0.3, -0.25) is 0 Å². The minimum absolute atomic E-state index is 0.163. The van der Waals surface area contributed by atoms with E-state index in [-0.39, 0.29) is 5.41 Å². The van der Waals surface area contributed by atoms with E-state index in [1.165, 1.54) is 61.8 Å². The maximum atomic E-state index is 2.53. The predicted octanol–water partition coefficient (Wildman–Crippen LogP) is 10.9. The first-order valence-corrected chi connectivity index (χ1v) is 14.3. The Balaban J connectivity index is 1.45. The molecule has 0 saturated heterocycles. The molecular weight excluding hydrogens is 496 g/mol. The molecule has 8 rings (SSSR count). The summed E-state index contributed by atoms with van der Waals surface area (Å²) in [7, 11) is 0. The first-order chi connectivity index (χ1) is 20.1. The van der Waals surface area contributed by atoms with Crippen LogP contribution in [0.25, 0.3) is 22.3 Å². The van der Waals surface area contributed by atoms with Gasteiger partial charge in [-0.1, -0.05) is 123 Å². The molecule has 0 atom stereocenters. The quantitative estimate of drug-likeness (QED) is 0.226. The van der Waals surface area contributed by atoms with E-state index in [0.717, 1.165) is 5.69 Å². The van der Waals surface area contributed by atoms with Gasteiger partial charge in [0.2, 0.25) is 0 Å². The summed E-state index contributed by atoms with van der Waals surface area (Å²) in [5.41, 5.74) is 14.6. The summed E-state index contributed by atoms with van der Waals surface area (Å²) in [6.45, 7) is 4.73. The zero-order chi connectivity index (χ0) is 27.6. The lowest BCUT2D eigenvalue weighted by atomic mass is 9.72. The van der Waals surface area contributed by atoms with Crippen LogP contribution in [-0.2, 0) is 5.41 Å². The highest BCUT2D eigenvalue weighted by molar-refractivity contribution is 6.06. The summed E-state index contributed by atoms with van der Waals surface area (Å²) in [4.78, 5) is 4.96. The van der Waals surface area contributed by atoms with E-state index < -0.39 is 0 Å². The molecule has 0 aromatic heterocycles. The maximum Gasteiger partial charge on any atom is 0.0744 e. The van der Waals surface area contributed by atoms with E-state index in [2.05, 4.69) is 169 Å². The van der Waals surface area contributed by atoms with Crippen LogP contribution in [0.15, 0.2) is 146 Å². The predicted molar refractivity (Wildman–Crippen MR) is 172 cm³/mol. The van der Waals surface area contributed by atoms with Gasteiger partial charge in [0, 0.05) is 11.1 Å². The molecule has 2 aliphatic rings. The summed E-state index contributed by atoms with van der Waals surface area (Å²) in [5, 5.41) is 0. The number of hydrogen-bond donors (Lipinski definition) is 0. The summed E-state index contributed by atoms with van der Waals surface area (Å²) in [6, 6.07) is 52.9. The molecule has 2 heterocycles. The van der Waals surface area contributed by atoms with E-state index >= 15 is 0 Å². The van der Waals surface area contributed by atoms with Crippen LogP contribution in [0.1, 0.15) is 25.0 Å². The lowest BCUT2D eigenvalue weighted by Crippen LogP contribution is -2.34. The van der Waals surface area contributed by atoms with Gasteiger partial charge in [-0.25, -0.2) is 0 Å². The summed E-state index contributed by atoms with van der Waals surface area (Å²) in [6.07, 6.45) is 0. The number of rotatable bonds is 3. The van der Waals surface area contributed by atoms with Gasteiger partial charge in [0.25, 0.3) is 0 Å². The Morgan fingerprint density at radius 3 is 1.63 bits per heavy atom. The third-order valence-electron chi connectivity index (χ3n) is 8.75. The number of fused-ring (bicyclic) bond motifs is 4. The molecule has 41 heavy (non-hydrogen) atoms. The highest BCUT2D eigenvalue weighted by Crippen LogP contribution is 2.62. The minimum atomic E-state index is -0.163. The molecule has 2 heteroatoms. The molecule has 196 valence electrons. The average Bonchev–Trinajstić information content (AvgIpc) is 3.03. The number of hydrogen-bond acceptors (Lipinski definition) is 2. The van der Waals surface area contributed by atoms with Gasteiger partial charge < -0.3 is 9.80 Å². The molecule has 0 aliphatic carbocycles. The van der Waals surface area contributed by atoms with Crippen LogP contribution in [0.5, 0.6) is 0 Å². The van der Waals surface area contributed by atoms with Crippen LogP contribution < -0.4 is 9.80 Å². The molecule has 0 fully saturated rings. The Labute approximate surface area is 241 Å². The Kier molecular flexibility index (Phi) is 5.20. The van der Waals surface area contributed by atoms with Gasteiger partial charge in [-0.15, -0.1) is 0 Å². The SMILES string of the molecule is CC1(C)c2ccc(-c3ccccc3)cc2N2c3cc(-c4ccccc4)ccc3N(c3ccccc3)c3cccc1c32. The normalized spacial score (nSPS) is 14.2. The molecule has 0 spiro atoms. The van der Waals surface area contributed by atoms with Gasteiger partial charge in [0.05, 0.1) is 28.4 Å². The molecule has 0 bridgehead atoms. The highest BCUT2D eigenvalue weighted by atomic mass is 15.3. The van der Waals surface area contributed by atoms with Gasteiger partial charge in [-0.05, 0) is 69.8 Å². The molecule has 0 saturated carbocycles. The van der Waals surface area contributed by atoms with Gasteiger partial charge in [0.15, 0.2) is 0 Å². The first-order valence-electron chi connectivity index (χ1n) is 14.3. The highest BCUT2D eigenvalue weighted by Gasteiger charge is 2.42. The summed E-state index contributed by atoms with van der Waals surface area (Å²) in [5.74, 6) is 0. The molecular formula is C39H30N2.